The van der Waals surface area contributed by atoms with E-state index in [1.54, 1.807) is 6.92 Å². The van der Waals surface area contributed by atoms with Gasteiger partial charge in [0.05, 0.1) is 0 Å². The molecule has 0 spiro atoms. The molecule has 0 saturated carbocycles. The van der Waals surface area contributed by atoms with E-state index in [9.17, 15) is 0 Å². The number of nitrogen functional groups attached to an aromatic ring is 1. The highest BCUT2D eigenvalue weighted by atomic mass is 14.9. The second-order valence-corrected chi connectivity index (χ2v) is 14.1. The van der Waals surface area contributed by atoms with Crippen molar-refractivity contribution >= 4 is 11.3 Å². The number of terminal acetylenes is 1. The van der Waals surface area contributed by atoms with Crippen molar-refractivity contribution < 1.29 is 0 Å². The SMILES string of the molecule is C#CC.C=C.C=C(C/C=C\CCC(/C(C)=C/CC)c1ccc(C(C)(C)C)cc1)NCCC.CC.Cc1cc(N)ccc1C1=CCC(C)(C)C=C1. The van der Waals surface area contributed by atoms with Gasteiger partial charge in [-0.25, -0.2) is 0 Å². The van der Waals surface area contributed by atoms with Crippen molar-refractivity contribution in [1.82, 2.24) is 5.32 Å². The number of nitrogens with one attached hydrogen (secondary N) is 1. The van der Waals surface area contributed by atoms with E-state index in [4.69, 9.17) is 5.73 Å². The van der Waals surface area contributed by atoms with E-state index >= 15 is 0 Å². The molecule has 2 heteroatoms. The van der Waals surface area contributed by atoms with Crippen molar-refractivity contribution in [1.29, 1.82) is 0 Å². The fourth-order valence-corrected chi connectivity index (χ4v) is 5.35. The zero-order valence-electron chi connectivity index (χ0n) is 34.3. The molecule has 1 atom stereocenters. The van der Waals surface area contributed by atoms with Gasteiger partial charge >= 0.3 is 0 Å². The molecular formula is C48H74N2. The Morgan fingerprint density at radius 1 is 1.06 bits per heavy atom. The van der Waals surface area contributed by atoms with Crippen LogP contribution in [-0.4, -0.2) is 6.54 Å². The van der Waals surface area contributed by atoms with E-state index in [2.05, 4.69) is 166 Å². The summed E-state index contributed by atoms with van der Waals surface area (Å²) >= 11 is 0. The maximum absolute atomic E-state index is 5.76. The third-order valence-electron chi connectivity index (χ3n) is 8.16. The van der Waals surface area contributed by atoms with Gasteiger partial charge in [0.1, 0.15) is 0 Å². The largest absolute Gasteiger partial charge is 0.399 e. The number of hydrogen-bond donors (Lipinski definition) is 2. The van der Waals surface area contributed by atoms with E-state index in [1.165, 1.54) is 33.4 Å². The van der Waals surface area contributed by atoms with Crippen LogP contribution in [0.15, 0.2) is 110 Å². The van der Waals surface area contributed by atoms with Gasteiger partial charge in [-0.2, -0.15) is 0 Å². The third-order valence-corrected chi connectivity index (χ3v) is 8.16. The Morgan fingerprint density at radius 3 is 2.14 bits per heavy atom. The second kappa shape index (κ2) is 26.8. The molecule has 3 rings (SSSR count). The topological polar surface area (TPSA) is 38.0 Å². The molecule has 0 aliphatic heterocycles. The molecule has 50 heavy (non-hydrogen) atoms. The van der Waals surface area contributed by atoms with Gasteiger partial charge in [0.2, 0.25) is 0 Å². The molecule has 0 fully saturated rings. The van der Waals surface area contributed by atoms with Crippen LogP contribution in [0.1, 0.15) is 143 Å². The van der Waals surface area contributed by atoms with E-state index in [0.29, 0.717) is 11.3 Å². The zero-order valence-corrected chi connectivity index (χ0v) is 34.3. The summed E-state index contributed by atoms with van der Waals surface area (Å²) in [6.07, 6.45) is 24.9. The number of anilines is 1. The van der Waals surface area contributed by atoms with E-state index in [1.807, 2.05) is 26.0 Å². The summed E-state index contributed by atoms with van der Waals surface area (Å²) in [6, 6.07) is 15.4. The van der Waals surface area contributed by atoms with Crippen LogP contribution < -0.4 is 11.1 Å². The van der Waals surface area contributed by atoms with Crippen LogP contribution in [0.2, 0.25) is 0 Å². The highest BCUT2D eigenvalue weighted by molar-refractivity contribution is 5.78. The number of hydrogen-bond acceptors (Lipinski definition) is 2. The number of benzene rings is 2. The van der Waals surface area contributed by atoms with Crippen LogP contribution in [0.3, 0.4) is 0 Å². The zero-order chi connectivity index (χ0) is 38.8. The summed E-state index contributed by atoms with van der Waals surface area (Å²) < 4.78 is 0. The summed E-state index contributed by atoms with van der Waals surface area (Å²) in [6.45, 7) is 36.9. The van der Waals surface area contributed by atoms with Crippen LogP contribution in [0.25, 0.3) is 5.57 Å². The Labute approximate surface area is 310 Å². The second-order valence-electron chi connectivity index (χ2n) is 14.1. The van der Waals surface area contributed by atoms with Gasteiger partial charge in [0.25, 0.3) is 0 Å². The molecule has 2 aromatic rings. The Hall–Kier alpha value is -3.96. The molecule has 0 saturated heterocycles. The molecule has 3 N–H and O–H groups in total. The third kappa shape index (κ3) is 19.9. The first kappa shape index (κ1) is 48.2. The minimum absolute atomic E-state index is 0.208. The quantitative estimate of drug-likeness (QED) is 0.133. The van der Waals surface area contributed by atoms with Crippen molar-refractivity contribution in [2.45, 2.75) is 133 Å². The van der Waals surface area contributed by atoms with Gasteiger partial charge in [-0.3, -0.25) is 0 Å². The lowest BCUT2D eigenvalue weighted by Gasteiger charge is -2.23. The number of aryl methyl sites for hydroxylation is 1. The van der Waals surface area contributed by atoms with Crippen molar-refractivity contribution in [3.05, 3.63) is 132 Å². The average molecular weight is 679 g/mol. The molecule has 1 unspecified atom stereocenters. The van der Waals surface area contributed by atoms with E-state index in [-0.39, 0.29) is 5.41 Å². The average Bonchev–Trinajstić information content (AvgIpc) is 3.08. The Balaban J connectivity index is 0. The monoisotopic (exact) mass is 679 g/mol. The highest BCUT2D eigenvalue weighted by Gasteiger charge is 2.18. The first-order valence-corrected chi connectivity index (χ1v) is 18.7. The lowest BCUT2D eigenvalue weighted by molar-refractivity contribution is 0.485. The Bertz CT molecular complexity index is 1380. The summed E-state index contributed by atoms with van der Waals surface area (Å²) in [7, 11) is 0. The highest BCUT2D eigenvalue weighted by Crippen LogP contribution is 2.34. The van der Waals surface area contributed by atoms with Gasteiger partial charge in [0, 0.05) is 30.3 Å². The van der Waals surface area contributed by atoms with Gasteiger partial charge < -0.3 is 11.1 Å². The van der Waals surface area contributed by atoms with Crippen LogP contribution >= 0.6 is 0 Å². The Kier molecular flexibility index (Phi) is 25.9. The minimum atomic E-state index is 0.208. The van der Waals surface area contributed by atoms with Crippen molar-refractivity contribution in [2.24, 2.45) is 5.41 Å². The molecule has 0 heterocycles. The molecule has 0 amide bonds. The van der Waals surface area contributed by atoms with Gasteiger partial charge in [-0.05, 0) is 104 Å². The molecule has 1 aliphatic carbocycles. The minimum Gasteiger partial charge on any atom is -0.399 e. The van der Waals surface area contributed by atoms with Gasteiger partial charge in [0.15, 0.2) is 0 Å². The number of rotatable bonds is 12. The molecule has 0 aromatic heterocycles. The smallest absolute Gasteiger partial charge is 0.0317 e. The first-order chi connectivity index (χ1) is 23.7. The molecule has 0 bridgehead atoms. The molecule has 2 nitrogen and oxygen atoms in total. The van der Waals surface area contributed by atoms with Crippen molar-refractivity contribution in [2.75, 3.05) is 12.3 Å². The van der Waals surface area contributed by atoms with Crippen LogP contribution in [0, 0.1) is 24.7 Å². The van der Waals surface area contributed by atoms with Crippen LogP contribution in [0.4, 0.5) is 5.69 Å². The van der Waals surface area contributed by atoms with Crippen LogP contribution in [0.5, 0.6) is 0 Å². The summed E-state index contributed by atoms with van der Waals surface area (Å²) in [5.74, 6) is 2.75. The predicted molar refractivity (Wildman–Crippen MR) is 231 cm³/mol. The maximum Gasteiger partial charge on any atom is 0.0317 e. The summed E-state index contributed by atoms with van der Waals surface area (Å²) in [5.41, 5.74) is 16.4. The number of allylic oxidation sites excluding steroid dienone is 8. The molecule has 276 valence electrons. The first-order valence-electron chi connectivity index (χ1n) is 18.7. The van der Waals surface area contributed by atoms with E-state index < -0.39 is 0 Å². The molecular weight excluding hydrogens is 605 g/mol. The summed E-state index contributed by atoms with van der Waals surface area (Å²) in [4.78, 5) is 0. The van der Waals surface area contributed by atoms with E-state index in [0.717, 1.165) is 56.5 Å². The van der Waals surface area contributed by atoms with Crippen molar-refractivity contribution in [3.63, 3.8) is 0 Å². The molecule has 1 aliphatic rings. The maximum atomic E-state index is 5.76. The fourth-order valence-electron chi connectivity index (χ4n) is 5.35. The van der Waals surface area contributed by atoms with Crippen LogP contribution in [-0.2, 0) is 5.41 Å². The standard InChI is InChI=1S/C26H41N.C15H19N.C3H4.C2H6.C2H4/c1-8-13-21(3)25(15-12-10-11-14-22(4)27-20-9-2)23-16-18-24(19-17-23)26(5,6)7;1-11-10-13(16)4-5-14(11)12-6-8-15(2,3)9-7-12;1-3-2;2*1-2/h10-11,13,16-19,25,27H,4,8-9,12,14-15,20H2,1-3,5-7H3;4-8,10H,9,16H2,1-3H3;1H,2H3;1-2H3;1-2H2/b11-10-,21-13+;;;;. The lowest BCUT2D eigenvalue weighted by atomic mass is 9.82. The van der Waals surface area contributed by atoms with Gasteiger partial charge in [-0.1, -0.05) is 141 Å². The lowest BCUT2D eigenvalue weighted by Crippen LogP contribution is -2.12. The molecule has 2 aromatic carbocycles. The number of nitrogens with two attached hydrogens (primary N) is 1. The van der Waals surface area contributed by atoms with Gasteiger partial charge in [-0.15, -0.1) is 25.5 Å². The molecule has 0 radical (unpaired) electrons. The van der Waals surface area contributed by atoms with Crippen molar-refractivity contribution in [3.8, 4) is 12.3 Å². The fraction of sp³-hybridized carbons (Fsp3) is 0.458. The normalized spacial score (nSPS) is 13.7. The predicted octanol–water partition coefficient (Wildman–Crippen LogP) is 14.1. The Morgan fingerprint density at radius 2 is 1.66 bits per heavy atom. The summed E-state index contributed by atoms with van der Waals surface area (Å²) in [5, 5.41) is 3.36.